The maximum Gasteiger partial charge on any atom is 0.324 e. The normalized spacial score (nSPS) is 16.1. The van der Waals surface area contributed by atoms with Gasteiger partial charge in [-0.05, 0) is 19.3 Å². The average molecular weight is 397 g/mol. The number of nitrogens with one attached hydrogen (secondary N) is 1. The summed E-state index contributed by atoms with van der Waals surface area (Å²) in [6.45, 7) is 2.85. The minimum absolute atomic E-state index is 0.189. The molecule has 0 saturated heterocycles. The van der Waals surface area contributed by atoms with Crippen LogP contribution in [0, 0.1) is 0 Å². The molecule has 1 saturated carbocycles. The molecular weight excluding hydrogens is 364 g/mol. The van der Waals surface area contributed by atoms with Crippen molar-refractivity contribution in [1.29, 1.82) is 0 Å². The van der Waals surface area contributed by atoms with Gasteiger partial charge in [0.25, 0.3) is 0 Å². The van der Waals surface area contributed by atoms with E-state index in [1.807, 2.05) is 0 Å². The Morgan fingerprint density at radius 1 is 1.30 bits per heavy atom. The number of aldehydes is 1. The fourth-order valence-electron chi connectivity index (χ4n) is 3.46. The van der Waals surface area contributed by atoms with Crippen LogP contribution in [-0.2, 0) is 9.53 Å². The zero-order valence-electron chi connectivity index (χ0n) is 16.5. The fourth-order valence-corrected chi connectivity index (χ4v) is 4.37. The number of carbonyl (C=O) groups is 2. The molecule has 27 heavy (non-hydrogen) atoms. The second-order valence-corrected chi connectivity index (χ2v) is 8.13. The van der Waals surface area contributed by atoms with Gasteiger partial charge in [0.05, 0.1) is 6.61 Å². The van der Waals surface area contributed by atoms with Gasteiger partial charge in [-0.1, -0.05) is 56.8 Å². The summed E-state index contributed by atoms with van der Waals surface area (Å²) in [5, 5.41) is 12.8. The van der Waals surface area contributed by atoms with E-state index in [-0.39, 0.29) is 12.6 Å². The Morgan fingerprint density at radius 3 is 2.74 bits per heavy atom. The van der Waals surface area contributed by atoms with Crippen LogP contribution in [0.3, 0.4) is 0 Å². The van der Waals surface area contributed by atoms with Gasteiger partial charge < -0.3 is 14.4 Å². The van der Waals surface area contributed by atoms with E-state index in [9.17, 15) is 9.59 Å². The van der Waals surface area contributed by atoms with E-state index in [1.165, 1.54) is 37.7 Å². The largest absolute Gasteiger partial charge is 0.382 e. The summed E-state index contributed by atoms with van der Waals surface area (Å²) >= 11 is 1.45. The third-order valence-corrected chi connectivity index (χ3v) is 6.02. The topological polar surface area (TPSA) is 84.4 Å². The molecule has 0 bridgehead atoms. The van der Waals surface area contributed by atoms with Gasteiger partial charge in [-0.3, -0.25) is 5.32 Å². The molecule has 1 atom stereocenters. The monoisotopic (exact) mass is 396 g/mol. The van der Waals surface area contributed by atoms with Gasteiger partial charge in [-0.25, -0.2) is 4.79 Å². The van der Waals surface area contributed by atoms with Crippen molar-refractivity contribution in [2.75, 3.05) is 25.6 Å². The predicted octanol–water partition coefficient (Wildman–Crippen LogP) is 4.21. The van der Waals surface area contributed by atoms with E-state index in [4.69, 9.17) is 4.74 Å². The molecular formula is C19H32N4O3S. The highest BCUT2D eigenvalue weighted by Gasteiger charge is 2.25. The number of hydrogen-bond acceptors (Lipinski definition) is 6. The second-order valence-electron chi connectivity index (χ2n) is 7.12. The van der Waals surface area contributed by atoms with Gasteiger partial charge in [-0.2, -0.15) is 0 Å². The Morgan fingerprint density at radius 2 is 2.07 bits per heavy atom. The van der Waals surface area contributed by atoms with Crippen LogP contribution in [0.1, 0.15) is 75.6 Å². The standard InChI is InChI=1S/C19H32N4O3S/c1-3-4-5-9-12-23(16(13-24)14-26-2)19(25)20-18-22-21-17(27-18)15-10-7-6-8-11-15/h13,15-16H,3-12,14H2,1-2H3,(H,20,22,25). The number of nitrogens with zero attached hydrogens (tertiary/aromatic N) is 3. The average Bonchev–Trinajstić information content (AvgIpc) is 3.16. The highest BCUT2D eigenvalue weighted by Crippen LogP contribution is 2.35. The van der Waals surface area contributed by atoms with Crippen LogP contribution in [0.4, 0.5) is 9.93 Å². The van der Waals surface area contributed by atoms with Crippen LogP contribution in [-0.4, -0.2) is 53.7 Å². The lowest BCUT2D eigenvalue weighted by molar-refractivity contribution is -0.113. The van der Waals surface area contributed by atoms with Crippen LogP contribution in [0.25, 0.3) is 0 Å². The maximum absolute atomic E-state index is 12.8. The molecule has 0 spiro atoms. The van der Waals surface area contributed by atoms with Gasteiger partial charge in [0.2, 0.25) is 5.13 Å². The third-order valence-electron chi connectivity index (χ3n) is 5.02. The van der Waals surface area contributed by atoms with Gasteiger partial charge in [0, 0.05) is 19.6 Å². The molecule has 1 aromatic heterocycles. The molecule has 2 rings (SSSR count). The van der Waals surface area contributed by atoms with Crippen molar-refractivity contribution >= 4 is 28.8 Å². The van der Waals surface area contributed by atoms with Gasteiger partial charge >= 0.3 is 6.03 Å². The van der Waals surface area contributed by atoms with Crippen LogP contribution in [0.5, 0.6) is 0 Å². The molecule has 1 heterocycles. The summed E-state index contributed by atoms with van der Waals surface area (Å²) in [5.74, 6) is 0.461. The number of aromatic nitrogens is 2. The molecule has 7 nitrogen and oxygen atoms in total. The SMILES string of the molecule is CCCCCCN(C(=O)Nc1nnc(C2CCCCC2)s1)C(C=O)COC. The molecule has 0 radical (unpaired) electrons. The van der Waals surface area contributed by atoms with Crippen molar-refractivity contribution < 1.29 is 14.3 Å². The first-order valence-corrected chi connectivity index (χ1v) is 10.9. The van der Waals surface area contributed by atoms with Crippen LogP contribution in [0.15, 0.2) is 0 Å². The second kappa shape index (κ2) is 12.0. The number of amides is 2. The summed E-state index contributed by atoms with van der Waals surface area (Å²) in [4.78, 5) is 25.8. The molecule has 0 aromatic carbocycles. The molecule has 1 aromatic rings. The first kappa shape index (κ1) is 21.8. The first-order chi connectivity index (χ1) is 13.2. The van der Waals surface area contributed by atoms with E-state index < -0.39 is 6.04 Å². The van der Waals surface area contributed by atoms with E-state index in [0.29, 0.717) is 17.6 Å². The molecule has 2 amide bonds. The quantitative estimate of drug-likeness (QED) is 0.447. The molecule has 0 aliphatic heterocycles. The van der Waals surface area contributed by atoms with E-state index >= 15 is 0 Å². The molecule has 152 valence electrons. The molecule has 8 heteroatoms. The van der Waals surface area contributed by atoms with Crippen molar-refractivity contribution in [1.82, 2.24) is 15.1 Å². The number of hydrogen-bond donors (Lipinski definition) is 1. The zero-order valence-corrected chi connectivity index (χ0v) is 17.3. The van der Waals surface area contributed by atoms with Gasteiger partial charge in [-0.15, -0.1) is 10.2 Å². The number of methoxy groups -OCH3 is 1. The zero-order chi connectivity index (χ0) is 19.5. The Labute approximate surface area is 165 Å². The van der Waals surface area contributed by atoms with Crippen molar-refractivity contribution in [2.24, 2.45) is 0 Å². The number of ether oxygens (including phenoxy) is 1. The Kier molecular flexibility index (Phi) is 9.69. The molecule has 1 unspecified atom stereocenters. The van der Waals surface area contributed by atoms with Gasteiger partial charge in [0.1, 0.15) is 17.3 Å². The summed E-state index contributed by atoms with van der Waals surface area (Å²) in [5.41, 5.74) is 0. The Hall–Kier alpha value is -1.54. The Bertz CT molecular complexity index is 575. The lowest BCUT2D eigenvalue weighted by atomic mass is 9.90. The number of rotatable bonds is 11. The van der Waals surface area contributed by atoms with Gasteiger partial charge in [0.15, 0.2) is 0 Å². The summed E-state index contributed by atoms with van der Waals surface area (Å²) in [6.07, 6.45) is 10.9. The summed E-state index contributed by atoms with van der Waals surface area (Å²) in [6, 6.07) is -0.908. The van der Waals surface area contributed by atoms with Crippen molar-refractivity contribution in [3.8, 4) is 0 Å². The highest BCUT2D eigenvalue weighted by atomic mass is 32.1. The summed E-state index contributed by atoms with van der Waals surface area (Å²) in [7, 11) is 1.53. The van der Waals surface area contributed by atoms with Crippen LogP contribution >= 0.6 is 11.3 Å². The van der Waals surface area contributed by atoms with E-state index in [0.717, 1.165) is 49.8 Å². The number of unbranched alkanes of at least 4 members (excludes halogenated alkanes) is 3. The number of carbonyl (C=O) groups excluding carboxylic acids is 2. The minimum Gasteiger partial charge on any atom is -0.382 e. The minimum atomic E-state index is -0.595. The molecule has 1 aliphatic rings. The predicted molar refractivity (Wildman–Crippen MR) is 107 cm³/mol. The number of anilines is 1. The molecule has 1 fully saturated rings. The van der Waals surface area contributed by atoms with Crippen LogP contribution in [0.2, 0.25) is 0 Å². The smallest absolute Gasteiger partial charge is 0.324 e. The van der Waals surface area contributed by atoms with Crippen LogP contribution < -0.4 is 5.32 Å². The highest BCUT2D eigenvalue weighted by molar-refractivity contribution is 7.15. The summed E-state index contributed by atoms with van der Waals surface area (Å²) < 4.78 is 5.11. The molecule has 1 aliphatic carbocycles. The first-order valence-electron chi connectivity index (χ1n) is 10.0. The Balaban J connectivity index is 1.98. The number of urea groups is 1. The lowest BCUT2D eigenvalue weighted by Gasteiger charge is -2.27. The van der Waals surface area contributed by atoms with Crippen molar-refractivity contribution in [2.45, 2.75) is 76.7 Å². The van der Waals surface area contributed by atoms with Crippen molar-refractivity contribution in [3.05, 3.63) is 5.01 Å². The third kappa shape index (κ3) is 6.84. The fraction of sp³-hybridized carbons (Fsp3) is 0.789. The van der Waals surface area contributed by atoms with E-state index in [2.05, 4.69) is 22.4 Å². The lowest BCUT2D eigenvalue weighted by Crippen LogP contribution is -2.46. The van der Waals surface area contributed by atoms with E-state index in [1.54, 1.807) is 4.90 Å². The van der Waals surface area contributed by atoms with Crippen molar-refractivity contribution in [3.63, 3.8) is 0 Å². The molecule has 1 N–H and O–H groups in total. The maximum atomic E-state index is 12.8.